The number of carboxylic acid groups (broad SMARTS) is 1. The van der Waals surface area contributed by atoms with Crippen LogP contribution in [0.3, 0.4) is 0 Å². The summed E-state index contributed by atoms with van der Waals surface area (Å²) in [6.07, 6.45) is 2.81. The van der Waals surface area contributed by atoms with Gasteiger partial charge in [0, 0.05) is 25.2 Å². The molecule has 0 saturated carbocycles. The molecule has 0 aliphatic carbocycles. The average Bonchev–Trinajstić information content (AvgIpc) is 2.83. The molecule has 1 aromatic rings. The molecule has 4 nitrogen and oxygen atoms in total. The number of carbonyl (C=O) groups is 1. The molecule has 2 rings (SSSR count). The van der Waals surface area contributed by atoms with E-state index < -0.39 is 12.0 Å². The molecule has 1 aliphatic rings. The first-order chi connectivity index (χ1) is 8.18. The molecule has 1 atom stereocenters. The second-order valence-electron chi connectivity index (χ2n) is 4.47. The number of rotatable bonds is 4. The first-order valence-corrected chi connectivity index (χ1v) is 5.99. The minimum atomic E-state index is -0.943. The Morgan fingerprint density at radius 2 is 2.00 bits per heavy atom. The Balaban J connectivity index is 2.18. The van der Waals surface area contributed by atoms with E-state index in [4.69, 9.17) is 10.8 Å². The van der Waals surface area contributed by atoms with Gasteiger partial charge in [-0.2, -0.15) is 0 Å². The van der Waals surface area contributed by atoms with Crippen LogP contribution in [-0.4, -0.2) is 30.2 Å². The number of hydrogen-bond donors (Lipinski definition) is 2. The molecule has 3 N–H and O–H groups in total. The summed E-state index contributed by atoms with van der Waals surface area (Å²) in [6.45, 7) is 2.11. The lowest BCUT2D eigenvalue weighted by molar-refractivity contribution is -0.138. The zero-order chi connectivity index (χ0) is 12.3. The highest BCUT2D eigenvalue weighted by molar-refractivity contribution is 5.74. The lowest BCUT2D eigenvalue weighted by atomic mass is 10.0. The molecular weight excluding hydrogens is 216 g/mol. The second kappa shape index (κ2) is 5.19. The molecule has 17 heavy (non-hydrogen) atoms. The van der Waals surface area contributed by atoms with Gasteiger partial charge in [0.25, 0.3) is 0 Å². The molecule has 1 saturated heterocycles. The minimum Gasteiger partial charge on any atom is -0.480 e. The fourth-order valence-electron chi connectivity index (χ4n) is 2.27. The number of para-hydroxylation sites is 1. The quantitative estimate of drug-likeness (QED) is 0.822. The van der Waals surface area contributed by atoms with E-state index in [1.54, 1.807) is 0 Å². The molecule has 0 unspecified atom stereocenters. The van der Waals surface area contributed by atoms with E-state index in [9.17, 15) is 4.79 Å². The highest BCUT2D eigenvalue weighted by atomic mass is 16.4. The third-order valence-electron chi connectivity index (χ3n) is 3.20. The van der Waals surface area contributed by atoms with Gasteiger partial charge in [0.15, 0.2) is 0 Å². The van der Waals surface area contributed by atoms with Crippen LogP contribution >= 0.6 is 0 Å². The maximum absolute atomic E-state index is 10.8. The van der Waals surface area contributed by atoms with Crippen molar-refractivity contribution in [2.24, 2.45) is 5.73 Å². The summed E-state index contributed by atoms with van der Waals surface area (Å²) in [5, 5.41) is 8.86. The lowest BCUT2D eigenvalue weighted by Crippen LogP contribution is -2.33. The van der Waals surface area contributed by atoms with Crippen LogP contribution in [-0.2, 0) is 11.2 Å². The Kier molecular flexibility index (Phi) is 3.64. The van der Waals surface area contributed by atoms with Crippen LogP contribution in [0.4, 0.5) is 5.69 Å². The van der Waals surface area contributed by atoms with Crippen molar-refractivity contribution in [3.63, 3.8) is 0 Å². The smallest absolute Gasteiger partial charge is 0.320 e. The number of benzene rings is 1. The monoisotopic (exact) mass is 234 g/mol. The zero-order valence-electron chi connectivity index (χ0n) is 9.80. The lowest BCUT2D eigenvalue weighted by Gasteiger charge is -2.22. The molecule has 4 heteroatoms. The standard InChI is InChI=1S/C13H18N2O2/c14-11(13(16)17)9-10-5-1-2-6-12(10)15-7-3-4-8-15/h1-2,5-6,11H,3-4,7-9,14H2,(H,16,17)/t11-/m0/s1. The molecule has 0 aromatic heterocycles. The number of nitrogens with zero attached hydrogens (tertiary/aromatic N) is 1. The molecule has 1 aliphatic heterocycles. The molecule has 1 aromatic carbocycles. The summed E-state index contributed by atoms with van der Waals surface area (Å²) < 4.78 is 0. The van der Waals surface area contributed by atoms with Gasteiger partial charge in [-0.25, -0.2) is 0 Å². The summed E-state index contributed by atoms with van der Waals surface area (Å²) in [5.41, 5.74) is 7.77. The average molecular weight is 234 g/mol. The van der Waals surface area contributed by atoms with Crippen LogP contribution in [0.5, 0.6) is 0 Å². The maximum atomic E-state index is 10.8. The predicted octanol–water partition coefficient (Wildman–Crippen LogP) is 1.24. The third-order valence-corrected chi connectivity index (χ3v) is 3.20. The number of aliphatic carboxylic acids is 1. The Morgan fingerprint density at radius 1 is 1.35 bits per heavy atom. The van der Waals surface area contributed by atoms with Gasteiger partial charge in [-0.3, -0.25) is 4.79 Å². The Morgan fingerprint density at radius 3 is 2.65 bits per heavy atom. The highest BCUT2D eigenvalue weighted by Crippen LogP contribution is 2.25. The van der Waals surface area contributed by atoms with E-state index in [0.29, 0.717) is 6.42 Å². The molecule has 0 bridgehead atoms. The van der Waals surface area contributed by atoms with Gasteiger partial charge in [0.1, 0.15) is 6.04 Å². The van der Waals surface area contributed by atoms with E-state index in [-0.39, 0.29) is 0 Å². The van der Waals surface area contributed by atoms with E-state index >= 15 is 0 Å². The SMILES string of the molecule is N[C@@H](Cc1ccccc1N1CCCC1)C(=O)O. The van der Waals surface area contributed by atoms with Gasteiger partial charge in [0.05, 0.1) is 0 Å². The maximum Gasteiger partial charge on any atom is 0.320 e. The second-order valence-corrected chi connectivity index (χ2v) is 4.47. The van der Waals surface area contributed by atoms with Gasteiger partial charge < -0.3 is 15.7 Å². The minimum absolute atomic E-state index is 0.391. The van der Waals surface area contributed by atoms with E-state index in [1.165, 1.54) is 12.8 Å². The first-order valence-electron chi connectivity index (χ1n) is 5.99. The topological polar surface area (TPSA) is 66.6 Å². The van der Waals surface area contributed by atoms with Crippen LogP contribution in [0.2, 0.25) is 0 Å². The normalized spacial score (nSPS) is 17.1. The molecule has 92 valence electrons. The predicted molar refractivity (Wildman–Crippen MR) is 67.2 cm³/mol. The van der Waals surface area contributed by atoms with Gasteiger partial charge in [-0.05, 0) is 24.5 Å². The number of hydrogen-bond acceptors (Lipinski definition) is 3. The van der Waals surface area contributed by atoms with Crippen molar-refractivity contribution in [3.05, 3.63) is 29.8 Å². The van der Waals surface area contributed by atoms with E-state index in [1.807, 2.05) is 18.2 Å². The Hall–Kier alpha value is -1.55. The van der Waals surface area contributed by atoms with Crippen molar-refractivity contribution in [2.75, 3.05) is 18.0 Å². The molecule has 0 radical (unpaired) electrons. The number of nitrogens with two attached hydrogens (primary N) is 1. The van der Waals surface area contributed by atoms with Crippen molar-refractivity contribution in [2.45, 2.75) is 25.3 Å². The zero-order valence-corrected chi connectivity index (χ0v) is 9.80. The van der Waals surface area contributed by atoms with E-state index in [0.717, 1.165) is 24.3 Å². The Labute approximate surface area is 101 Å². The van der Waals surface area contributed by atoms with Gasteiger partial charge in [0.2, 0.25) is 0 Å². The van der Waals surface area contributed by atoms with Crippen molar-refractivity contribution < 1.29 is 9.90 Å². The summed E-state index contributed by atoms with van der Waals surface area (Å²) in [7, 11) is 0. The Bertz CT molecular complexity index is 400. The number of carboxylic acids is 1. The van der Waals surface area contributed by atoms with Crippen LogP contribution in [0.25, 0.3) is 0 Å². The van der Waals surface area contributed by atoms with Crippen LogP contribution in [0.1, 0.15) is 18.4 Å². The summed E-state index contributed by atoms with van der Waals surface area (Å²) in [5.74, 6) is -0.943. The molecule has 0 amide bonds. The van der Waals surface area contributed by atoms with Crippen molar-refractivity contribution in [3.8, 4) is 0 Å². The summed E-state index contributed by atoms with van der Waals surface area (Å²) >= 11 is 0. The fourth-order valence-corrected chi connectivity index (χ4v) is 2.27. The van der Waals surface area contributed by atoms with Gasteiger partial charge in [-0.1, -0.05) is 18.2 Å². The summed E-state index contributed by atoms with van der Waals surface area (Å²) in [4.78, 5) is 13.1. The number of anilines is 1. The first kappa shape index (κ1) is 11.9. The fraction of sp³-hybridized carbons (Fsp3) is 0.462. The van der Waals surface area contributed by atoms with Gasteiger partial charge in [-0.15, -0.1) is 0 Å². The van der Waals surface area contributed by atoms with E-state index in [2.05, 4.69) is 11.0 Å². The highest BCUT2D eigenvalue weighted by Gasteiger charge is 2.18. The molecule has 1 heterocycles. The molecule has 0 spiro atoms. The molecular formula is C13H18N2O2. The van der Waals surface area contributed by atoms with Gasteiger partial charge >= 0.3 is 5.97 Å². The van der Waals surface area contributed by atoms with Crippen molar-refractivity contribution >= 4 is 11.7 Å². The van der Waals surface area contributed by atoms with Crippen LogP contribution < -0.4 is 10.6 Å². The van der Waals surface area contributed by atoms with Crippen molar-refractivity contribution in [1.82, 2.24) is 0 Å². The summed E-state index contributed by atoms with van der Waals surface area (Å²) in [6, 6.07) is 7.12. The third kappa shape index (κ3) is 2.77. The molecule has 1 fully saturated rings. The van der Waals surface area contributed by atoms with Crippen LogP contribution in [0.15, 0.2) is 24.3 Å². The van der Waals surface area contributed by atoms with Crippen molar-refractivity contribution in [1.29, 1.82) is 0 Å². The largest absolute Gasteiger partial charge is 0.480 e. The van der Waals surface area contributed by atoms with Crippen LogP contribution in [0, 0.1) is 0 Å².